The van der Waals surface area contributed by atoms with Crippen molar-refractivity contribution in [1.82, 2.24) is 4.98 Å². The van der Waals surface area contributed by atoms with E-state index >= 15 is 0 Å². The van der Waals surface area contributed by atoms with E-state index < -0.39 is 0 Å². The number of aryl methyl sites for hydroxylation is 1. The monoisotopic (exact) mass is 225 g/mol. The lowest BCUT2D eigenvalue weighted by atomic mass is 10.1. The lowest BCUT2D eigenvalue weighted by Crippen LogP contribution is -2.11. The molecule has 0 aliphatic heterocycles. The van der Waals surface area contributed by atoms with Crippen molar-refractivity contribution in [2.45, 2.75) is 45.4 Å². The van der Waals surface area contributed by atoms with Gasteiger partial charge >= 0.3 is 0 Å². The highest BCUT2D eigenvalue weighted by atomic mass is 32.1. The van der Waals surface area contributed by atoms with Gasteiger partial charge in [-0.15, -0.1) is 11.3 Å². The standard InChI is InChI=1S/C12H19NOS/c1-8(2)6-10-13-9(3)11(15-10)12(7-14)4-5-12/h8,14H,4-7H2,1-3H3. The molecule has 0 spiro atoms. The summed E-state index contributed by atoms with van der Waals surface area (Å²) in [6, 6.07) is 0. The highest BCUT2D eigenvalue weighted by molar-refractivity contribution is 7.12. The van der Waals surface area contributed by atoms with Crippen LogP contribution < -0.4 is 0 Å². The molecule has 2 rings (SSSR count). The molecule has 1 N–H and O–H groups in total. The summed E-state index contributed by atoms with van der Waals surface area (Å²) in [5.41, 5.74) is 1.24. The third-order valence-electron chi connectivity index (χ3n) is 3.06. The molecule has 1 fully saturated rings. The van der Waals surface area contributed by atoms with Crippen LogP contribution >= 0.6 is 11.3 Å². The number of rotatable bonds is 4. The van der Waals surface area contributed by atoms with Crippen molar-refractivity contribution in [3.05, 3.63) is 15.6 Å². The summed E-state index contributed by atoms with van der Waals surface area (Å²) in [4.78, 5) is 5.95. The molecular formula is C12H19NOS. The normalized spacial score (nSPS) is 18.5. The van der Waals surface area contributed by atoms with Crippen LogP contribution in [0.15, 0.2) is 0 Å². The van der Waals surface area contributed by atoms with Crippen molar-refractivity contribution in [3.63, 3.8) is 0 Å². The maximum absolute atomic E-state index is 9.40. The maximum atomic E-state index is 9.40. The topological polar surface area (TPSA) is 33.1 Å². The minimum Gasteiger partial charge on any atom is -0.395 e. The van der Waals surface area contributed by atoms with E-state index in [2.05, 4.69) is 25.8 Å². The Labute approximate surface area is 95.4 Å². The minimum absolute atomic E-state index is 0.0942. The van der Waals surface area contributed by atoms with Crippen molar-refractivity contribution < 1.29 is 5.11 Å². The number of aromatic nitrogens is 1. The summed E-state index contributed by atoms with van der Waals surface area (Å²) in [5, 5.41) is 10.6. The fourth-order valence-corrected chi connectivity index (χ4v) is 3.50. The van der Waals surface area contributed by atoms with Crippen molar-refractivity contribution in [1.29, 1.82) is 0 Å². The van der Waals surface area contributed by atoms with E-state index in [4.69, 9.17) is 0 Å². The predicted octanol–water partition coefficient (Wildman–Crippen LogP) is 2.67. The Hall–Kier alpha value is -0.410. The van der Waals surface area contributed by atoms with Crippen LogP contribution in [-0.4, -0.2) is 16.7 Å². The average Bonchev–Trinajstić information content (AvgIpc) is 2.86. The van der Waals surface area contributed by atoms with Gasteiger partial charge in [0, 0.05) is 16.7 Å². The van der Waals surface area contributed by atoms with E-state index in [0.29, 0.717) is 5.92 Å². The van der Waals surface area contributed by atoms with Gasteiger partial charge < -0.3 is 5.11 Å². The van der Waals surface area contributed by atoms with Crippen molar-refractivity contribution in [2.75, 3.05) is 6.61 Å². The van der Waals surface area contributed by atoms with E-state index in [1.807, 2.05) is 11.3 Å². The fraction of sp³-hybridized carbons (Fsp3) is 0.750. The van der Waals surface area contributed by atoms with E-state index in [0.717, 1.165) is 25.0 Å². The highest BCUT2D eigenvalue weighted by Crippen LogP contribution is 2.51. The second-order valence-corrected chi connectivity index (χ2v) is 6.14. The number of hydrogen-bond acceptors (Lipinski definition) is 3. The first-order valence-electron chi connectivity index (χ1n) is 5.65. The summed E-state index contributed by atoms with van der Waals surface area (Å²) >= 11 is 1.81. The Kier molecular flexibility index (Phi) is 2.86. The zero-order valence-electron chi connectivity index (χ0n) is 9.71. The Morgan fingerprint density at radius 2 is 2.13 bits per heavy atom. The van der Waals surface area contributed by atoms with Gasteiger partial charge in [-0.2, -0.15) is 0 Å². The predicted molar refractivity (Wildman–Crippen MR) is 63.4 cm³/mol. The van der Waals surface area contributed by atoms with Crippen molar-refractivity contribution >= 4 is 11.3 Å². The second kappa shape index (κ2) is 3.87. The highest BCUT2D eigenvalue weighted by Gasteiger charge is 2.46. The largest absolute Gasteiger partial charge is 0.395 e. The molecule has 2 nitrogen and oxygen atoms in total. The molecule has 1 heterocycles. The SMILES string of the molecule is Cc1nc(CC(C)C)sc1C1(CO)CC1. The number of nitrogens with zero attached hydrogens (tertiary/aromatic N) is 1. The van der Waals surface area contributed by atoms with Gasteiger partial charge in [0.15, 0.2) is 0 Å². The summed E-state index contributed by atoms with van der Waals surface area (Å²) in [6.45, 7) is 6.80. The van der Waals surface area contributed by atoms with E-state index in [9.17, 15) is 5.11 Å². The summed E-state index contributed by atoms with van der Waals surface area (Å²) < 4.78 is 0. The van der Waals surface area contributed by atoms with Crippen LogP contribution in [-0.2, 0) is 11.8 Å². The Bertz CT molecular complexity index is 353. The number of aliphatic hydroxyl groups excluding tert-OH is 1. The average molecular weight is 225 g/mol. The molecule has 1 aliphatic rings. The van der Waals surface area contributed by atoms with Crippen LogP contribution in [0.25, 0.3) is 0 Å². The third-order valence-corrected chi connectivity index (χ3v) is 4.49. The molecule has 3 heteroatoms. The first-order valence-corrected chi connectivity index (χ1v) is 6.47. The summed E-state index contributed by atoms with van der Waals surface area (Å²) in [7, 11) is 0. The van der Waals surface area contributed by atoms with Gasteiger partial charge in [0.25, 0.3) is 0 Å². The van der Waals surface area contributed by atoms with E-state index in [-0.39, 0.29) is 12.0 Å². The van der Waals surface area contributed by atoms with Gasteiger partial charge in [0.2, 0.25) is 0 Å². The third kappa shape index (κ3) is 2.08. The van der Waals surface area contributed by atoms with Gasteiger partial charge in [-0.3, -0.25) is 0 Å². The van der Waals surface area contributed by atoms with Crippen LogP contribution in [0.5, 0.6) is 0 Å². The molecule has 84 valence electrons. The molecule has 1 aromatic heterocycles. The Morgan fingerprint density at radius 1 is 1.47 bits per heavy atom. The van der Waals surface area contributed by atoms with Crippen molar-refractivity contribution in [3.8, 4) is 0 Å². The number of aliphatic hydroxyl groups is 1. The quantitative estimate of drug-likeness (QED) is 0.854. The van der Waals surface area contributed by atoms with Crippen LogP contribution in [0.2, 0.25) is 0 Å². The van der Waals surface area contributed by atoms with E-state index in [1.165, 1.54) is 9.88 Å². The number of thiazole rings is 1. The lowest BCUT2D eigenvalue weighted by Gasteiger charge is -2.08. The second-order valence-electron chi connectivity index (χ2n) is 5.06. The molecule has 0 atom stereocenters. The Balaban J connectivity index is 2.22. The molecule has 1 aliphatic carbocycles. The first-order chi connectivity index (χ1) is 7.07. The van der Waals surface area contributed by atoms with Crippen molar-refractivity contribution in [2.24, 2.45) is 5.92 Å². The fourth-order valence-electron chi connectivity index (χ4n) is 1.99. The van der Waals surface area contributed by atoms with Gasteiger partial charge in [-0.1, -0.05) is 13.8 Å². The number of hydrogen-bond donors (Lipinski definition) is 1. The molecule has 0 saturated heterocycles. The van der Waals surface area contributed by atoms with Crippen LogP contribution in [0.4, 0.5) is 0 Å². The molecule has 0 aromatic carbocycles. The summed E-state index contributed by atoms with van der Waals surface area (Å²) in [6.07, 6.45) is 3.33. The van der Waals surface area contributed by atoms with Crippen LogP contribution in [0.3, 0.4) is 0 Å². The van der Waals surface area contributed by atoms with Gasteiger partial charge in [-0.05, 0) is 25.7 Å². The minimum atomic E-state index is 0.0942. The van der Waals surface area contributed by atoms with Gasteiger partial charge in [0.05, 0.1) is 17.3 Å². The van der Waals surface area contributed by atoms with Gasteiger partial charge in [0.1, 0.15) is 0 Å². The lowest BCUT2D eigenvalue weighted by molar-refractivity contribution is 0.256. The zero-order chi connectivity index (χ0) is 11.1. The molecule has 0 radical (unpaired) electrons. The van der Waals surface area contributed by atoms with Crippen LogP contribution in [0, 0.1) is 12.8 Å². The van der Waals surface area contributed by atoms with E-state index in [1.54, 1.807) is 0 Å². The molecule has 0 bridgehead atoms. The molecule has 1 aromatic rings. The molecule has 0 unspecified atom stereocenters. The molecular weight excluding hydrogens is 206 g/mol. The van der Waals surface area contributed by atoms with Crippen LogP contribution in [0.1, 0.15) is 42.3 Å². The first kappa shape index (κ1) is 11.1. The molecule has 0 amide bonds. The molecule has 1 saturated carbocycles. The smallest absolute Gasteiger partial charge is 0.0933 e. The summed E-state index contributed by atoms with van der Waals surface area (Å²) in [5.74, 6) is 0.660. The maximum Gasteiger partial charge on any atom is 0.0933 e. The zero-order valence-corrected chi connectivity index (χ0v) is 10.5. The molecule has 15 heavy (non-hydrogen) atoms. The van der Waals surface area contributed by atoms with Gasteiger partial charge in [-0.25, -0.2) is 4.98 Å². The Morgan fingerprint density at radius 3 is 2.60 bits per heavy atom.